The summed E-state index contributed by atoms with van der Waals surface area (Å²) < 4.78 is 4.73. The predicted octanol–water partition coefficient (Wildman–Crippen LogP) is 2.55. The van der Waals surface area contributed by atoms with Gasteiger partial charge >= 0.3 is 5.97 Å². The van der Waals surface area contributed by atoms with Crippen LogP contribution in [0.25, 0.3) is 0 Å². The van der Waals surface area contributed by atoms with Gasteiger partial charge in [0.2, 0.25) is 0 Å². The molecule has 0 spiro atoms. The molecule has 0 aromatic carbocycles. The summed E-state index contributed by atoms with van der Waals surface area (Å²) >= 11 is 0. The number of hydrogen-bond donors (Lipinski definition) is 0. The smallest absolute Gasteiger partial charge is 0.306 e. The fraction of sp³-hybridized carbons (Fsp3) is 0.923. The molecule has 0 radical (unpaired) electrons. The Morgan fingerprint density at radius 3 is 2.00 bits per heavy atom. The van der Waals surface area contributed by atoms with Crippen molar-refractivity contribution in [1.82, 2.24) is 4.90 Å². The van der Waals surface area contributed by atoms with E-state index in [1.165, 1.54) is 7.11 Å². The fourth-order valence-electron chi connectivity index (χ4n) is 2.73. The lowest BCUT2D eigenvalue weighted by atomic mass is 9.73. The highest BCUT2D eigenvalue weighted by Crippen LogP contribution is 2.36. The summed E-state index contributed by atoms with van der Waals surface area (Å²) in [5.41, 5.74) is 0.202. The molecule has 0 aliphatic carbocycles. The van der Waals surface area contributed by atoms with Crippen LogP contribution in [0.15, 0.2) is 0 Å². The van der Waals surface area contributed by atoms with Gasteiger partial charge in [-0.05, 0) is 31.3 Å². The number of esters is 1. The van der Waals surface area contributed by atoms with Gasteiger partial charge in [-0.25, -0.2) is 0 Å². The molecule has 0 bridgehead atoms. The van der Waals surface area contributed by atoms with E-state index < -0.39 is 0 Å². The van der Waals surface area contributed by atoms with Gasteiger partial charge in [-0.15, -0.1) is 0 Å². The summed E-state index contributed by atoms with van der Waals surface area (Å²) in [7, 11) is 5.60. The van der Waals surface area contributed by atoms with Crippen molar-refractivity contribution in [1.29, 1.82) is 0 Å². The molecule has 96 valence electrons. The van der Waals surface area contributed by atoms with Gasteiger partial charge in [-0.2, -0.15) is 0 Å². The Balaban J connectivity index is 4.38. The number of nitrogens with zero attached hydrogens (tertiary/aromatic N) is 1. The standard InChI is InChI=1S/C13H27NO2/c1-12(2,8-11(15)16-7)9-13(3,4)10-14(5)6/h8-10H2,1-7H3. The van der Waals surface area contributed by atoms with E-state index in [9.17, 15) is 4.79 Å². The molecule has 0 atom stereocenters. The van der Waals surface area contributed by atoms with Gasteiger partial charge in [-0.3, -0.25) is 4.79 Å². The lowest BCUT2D eigenvalue weighted by Gasteiger charge is -2.36. The van der Waals surface area contributed by atoms with E-state index in [2.05, 4.69) is 46.7 Å². The maximum absolute atomic E-state index is 11.3. The second-order valence-corrected chi connectivity index (χ2v) is 6.50. The first kappa shape index (κ1) is 15.4. The summed E-state index contributed by atoms with van der Waals surface area (Å²) in [6.07, 6.45) is 1.49. The predicted molar refractivity (Wildman–Crippen MR) is 67.4 cm³/mol. The third kappa shape index (κ3) is 6.83. The van der Waals surface area contributed by atoms with Gasteiger partial charge in [0.15, 0.2) is 0 Å². The monoisotopic (exact) mass is 229 g/mol. The summed E-state index contributed by atoms with van der Waals surface area (Å²) in [6.45, 7) is 9.76. The minimum Gasteiger partial charge on any atom is -0.469 e. The zero-order valence-electron chi connectivity index (χ0n) is 11.9. The molecule has 16 heavy (non-hydrogen) atoms. The lowest BCUT2D eigenvalue weighted by Crippen LogP contribution is -2.34. The van der Waals surface area contributed by atoms with Gasteiger partial charge in [0.05, 0.1) is 13.5 Å². The third-order valence-corrected chi connectivity index (χ3v) is 2.55. The van der Waals surface area contributed by atoms with Gasteiger partial charge in [-0.1, -0.05) is 27.7 Å². The summed E-state index contributed by atoms with van der Waals surface area (Å²) in [5.74, 6) is -0.120. The number of rotatable bonds is 6. The zero-order valence-corrected chi connectivity index (χ0v) is 11.9. The molecule has 0 unspecified atom stereocenters. The van der Waals surface area contributed by atoms with E-state index in [4.69, 9.17) is 4.74 Å². The number of carbonyl (C=O) groups is 1. The minimum atomic E-state index is -0.120. The minimum absolute atomic E-state index is 0.00734. The van der Waals surface area contributed by atoms with Crippen molar-refractivity contribution in [2.24, 2.45) is 10.8 Å². The van der Waals surface area contributed by atoms with Crippen LogP contribution in [0.1, 0.15) is 40.5 Å². The van der Waals surface area contributed by atoms with Crippen LogP contribution >= 0.6 is 0 Å². The highest BCUT2D eigenvalue weighted by molar-refractivity contribution is 5.69. The fourth-order valence-corrected chi connectivity index (χ4v) is 2.73. The summed E-state index contributed by atoms with van der Waals surface area (Å²) in [4.78, 5) is 13.5. The molecule has 0 aliphatic rings. The SMILES string of the molecule is COC(=O)CC(C)(C)CC(C)(C)CN(C)C. The largest absolute Gasteiger partial charge is 0.469 e. The summed E-state index contributed by atoms with van der Waals surface area (Å²) in [5, 5.41) is 0. The maximum atomic E-state index is 11.3. The zero-order chi connectivity index (χ0) is 13.0. The third-order valence-electron chi connectivity index (χ3n) is 2.55. The Morgan fingerprint density at radius 2 is 1.62 bits per heavy atom. The Morgan fingerprint density at radius 1 is 1.12 bits per heavy atom. The average Bonchev–Trinajstić information content (AvgIpc) is 1.97. The molecule has 0 rings (SSSR count). The number of carbonyl (C=O) groups excluding carboxylic acids is 1. The van der Waals surface area contributed by atoms with E-state index in [1.54, 1.807) is 0 Å². The van der Waals surface area contributed by atoms with Crippen molar-refractivity contribution in [3.8, 4) is 0 Å². The molecular weight excluding hydrogens is 202 g/mol. The molecule has 0 heterocycles. The molecule has 0 saturated heterocycles. The normalized spacial score (nSPS) is 13.0. The Labute approximate surface area is 100 Å². The van der Waals surface area contributed by atoms with Crippen molar-refractivity contribution < 1.29 is 9.53 Å². The Kier molecular flexibility index (Phi) is 5.47. The first-order valence-corrected chi connectivity index (χ1v) is 5.79. The molecule has 0 saturated carbocycles. The van der Waals surface area contributed by atoms with E-state index >= 15 is 0 Å². The number of hydrogen-bond acceptors (Lipinski definition) is 3. The van der Waals surface area contributed by atoms with Crippen LogP contribution in [-0.4, -0.2) is 38.6 Å². The molecule has 0 aromatic rings. The maximum Gasteiger partial charge on any atom is 0.306 e. The highest BCUT2D eigenvalue weighted by Gasteiger charge is 2.31. The quantitative estimate of drug-likeness (QED) is 0.656. The van der Waals surface area contributed by atoms with Crippen molar-refractivity contribution in [3.05, 3.63) is 0 Å². The van der Waals surface area contributed by atoms with E-state index in [-0.39, 0.29) is 16.8 Å². The second kappa shape index (κ2) is 5.67. The second-order valence-electron chi connectivity index (χ2n) is 6.50. The van der Waals surface area contributed by atoms with Crippen LogP contribution in [0, 0.1) is 10.8 Å². The first-order valence-electron chi connectivity index (χ1n) is 5.79. The van der Waals surface area contributed by atoms with Crippen LogP contribution in [0.5, 0.6) is 0 Å². The number of methoxy groups -OCH3 is 1. The van der Waals surface area contributed by atoms with E-state index in [0.717, 1.165) is 13.0 Å². The van der Waals surface area contributed by atoms with Crippen molar-refractivity contribution in [2.75, 3.05) is 27.7 Å². The van der Waals surface area contributed by atoms with Crippen LogP contribution in [0.4, 0.5) is 0 Å². The molecule has 3 heteroatoms. The van der Waals surface area contributed by atoms with Crippen LogP contribution < -0.4 is 0 Å². The Hall–Kier alpha value is -0.570. The number of ether oxygens (including phenoxy) is 1. The molecule has 0 amide bonds. The molecule has 0 fully saturated rings. The van der Waals surface area contributed by atoms with Crippen molar-refractivity contribution >= 4 is 5.97 Å². The highest BCUT2D eigenvalue weighted by atomic mass is 16.5. The van der Waals surface area contributed by atoms with Gasteiger partial charge in [0.1, 0.15) is 0 Å². The van der Waals surface area contributed by atoms with Crippen LogP contribution in [0.2, 0.25) is 0 Å². The molecule has 0 N–H and O–H groups in total. The molecule has 3 nitrogen and oxygen atoms in total. The van der Waals surface area contributed by atoms with Gasteiger partial charge in [0.25, 0.3) is 0 Å². The molecule has 0 aromatic heterocycles. The Bertz CT molecular complexity index is 232. The average molecular weight is 229 g/mol. The van der Waals surface area contributed by atoms with Crippen molar-refractivity contribution in [3.63, 3.8) is 0 Å². The van der Waals surface area contributed by atoms with Gasteiger partial charge in [0, 0.05) is 6.54 Å². The topological polar surface area (TPSA) is 29.5 Å². The molecular formula is C13H27NO2. The summed E-state index contributed by atoms with van der Waals surface area (Å²) in [6, 6.07) is 0. The lowest BCUT2D eigenvalue weighted by molar-refractivity contribution is -0.143. The van der Waals surface area contributed by atoms with Crippen LogP contribution in [0.3, 0.4) is 0 Å². The van der Waals surface area contributed by atoms with Crippen molar-refractivity contribution in [2.45, 2.75) is 40.5 Å². The van der Waals surface area contributed by atoms with E-state index in [1.807, 2.05) is 0 Å². The molecule has 0 aliphatic heterocycles. The van der Waals surface area contributed by atoms with E-state index in [0.29, 0.717) is 6.42 Å². The van der Waals surface area contributed by atoms with Crippen LogP contribution in [-0.2, 0) is 9.53 Å². The first-order chi connectivity index (χ1) is 7.08. The van der Waals surface area contributed by atoms with Gasteiger partial charge < -0.3 is 9.64 Å².